The van der Waals surface area contributed by atoms with E-state index in [1.807, 2.05) is 18.7 Å². The Morgan fingerprint density at radius 2 is 1.78 bits per heavy atom. The van der Waals surface area contributed by atoms with E-state index < -0.39 is 51.5 Å². The van der Waals surface area contributed by atoms with E-state index >= 15 is 0 Å². The van der Waals surface area contributed by atoms with Gasteiger partial charge >= 0.3 is 35.7 Å². The summed E-state index contributed by atoms with van der Waals surface area (Å²) in [5.74, 6) is -1.94. The maximum atomic E-state index is 13.1. The number of aliphatic hydroxyl groups is 1. The summed E-state index contributed by atoms with van der Waals surface area (Å²) in [4.78, 5) is 52.4. The topological polar surface area (TPSA) is 194 Å². The largest absolute Gasteiger partial charge is 1.00 e. The standard InChI is InChI=1S/C26H44N4O9S.Na/c1-16(2)12-20(23(32)28-21(25(34)40(36,37)38)13-18-8-10-27-22(18)31)29-26(35)39-15-19-9-11-30(24(19)33)14-17-6-4-3-5-7-17;/h16-21,25,34H,3-15H2,1-2H3,(H,27,31)(H,28,32)(H,29,35)(H,36,37,38);/q;+1/p-1/t18-,19?,20-,21-,25?;/m0./s1. The first kappa shape index (κ1) is 35.7. The van der Waals surface area contributed by atoms with Crippen LogP contribution in [0.15, 0.2) is 0 Å². The van der Waals surface area contributed by atoms with Crippen LogP contribution in [0.3, 0.4) is 0 Å². The number of carbonyl (C=O) groups excluding carboxylic acids is 4. The van der Waals surface area contributed by atoms with Gasteiger partial charge in [0.15, 0.2) is 5.44 Å². The Kier molecular flexibility index (Phi) is 14.3. The quantitative estimate of drug-likeness (QED) is 0.128. The van der Waals surface area contributed by atoms with E-state index in [2.05, 4.69) is 16.0 Å². The molecule has 5 atom stereocenters. The van der Waals surface area contributed by atoms with Crippen LogP contribution in [-0.2, 0) is 29.2 Å². The number of ether oxygens (including phenoxy) is 1. The SMILES string of the molecule is CC(C)C[C@H](NC(=O)OCC1CCN(CC2CCCCC2)C1=O)C(=O)N[C@@H](C[C@@H]1CCNC1=O)C(O)S(=O)(=O)[O-].[Na+]. The van der Waals surface area contributed by atoms with E-state index in [0.29, 0.717) is 31.8 Å². The fraction of sp³-hybridized carbons (Fsp3) is 0.846. The van der Waals surface area contributed by atoms with Crippen molar-refractivity contribution < 1.29 is 71.5 Å². The van der Waals surface area contributed by atoms with Crippen molar-refractivity contribution in [3.05, 3.63) is 0 Å². The van der Waals surface area contributed by atoms with Gasteiger partial charge in [0.2, 0.25) is 17.7 Å². The Bertz CT molecular complexity index is 1020. The molecule has 3 rings (SSSR count). The summed E-state index contributed by atoms with van der Waals surface area (Å²) in [6, 6.07) is -2.72. The predicted octanol–water partition coefficient (Wildman–Crippen LogP) is -2.57. The second-order valence-corrected chi connectivity index (χ2v) is 13.2. The zero-order valence-electron chi connectivity index (χ0n) is 24.3. The van der Waals surface area contributed by atoms with Gasteiger partial charge in [0, 0.05) is 25.6 Å². The first-order valence-electron chi connectivity index (χ1n) is 14.3. The van der Waals surface area contributed by atoms with Gasteiger partial charge < -0.3 is 35.2 Å². The molecule has 0 spiro atoms. The zero-order valence-corrected chi connectivity index (χ0v) is 27.1. The summed E-state index contributed by atoms with van der Waals surface area (Å²) in [6.07, 6.45) is 5.76. The van der Waals surface area contributed by atoms with E-state index in [1.165, 1.54) is 19.3 Å². The normalized spacial score (nSPS) is 23.9. The molecule has 3 fully saturated rings. The molecule has 13 nitrogen and oxygen atoms in total. The van der Waals surface area contributed by atoms with Crippen LogP contribution >= 0.6 is 0 Å². The number of alkyl carbamates (subject to hydrolysis) is 1. The summed E-state index contributed by atoms with van der Waals surface area (Å²) in [5.41, 5.74) is -2.47. The average molecular weight is 611 g/mol. The minimum atomic E-state index is -5.20. The van der Waals surface area contributed by atoms with Crippen molar-refractivity contribution in [3.8, 4) is 0 Å². The molecule has 2 heterocycles. The third-order valence-electron chi connectivity index (χ3n) is 8.01. The molecule has 228 valence electrons. The fourth-order valence-corrected chi connectivity index (χ4v) is 6.37. The van der Waals surface area contributed by atoms with Crippen molar-refractivity contribution in [2.24, 2.45) is 23.7 Å². The van der Waals surface area contributed by atoms with Gasteiger partial charge in [-0.25, -0.2) is 13.2 Å². The van der Waals surface area contributed by atoms with Crippen LogP contribution in [0.25, 0.3) is 0 Å². The molecular weight excluding hydrogens is 567 g/mol. The summed E-state index contributed by atoms with van der Waals surface area (Å²) >= 11 is 0. The van der Waals surface area contributed by atoms with E-state index in [-0.39, 0.29) is 66.7 Å². The predicted molar refractivity (Wildman–Crippen MR) is 142 cm³/mol. The zero-order chi connectivity index (χ0) is 29.4. The van der Waals surface area contributed by atoms with E-state index in [0.717, 1.165) is 19.4 Å². The molecule has 4 N–H and O–H groups in total. The van der Waals surface area contributed by atoms with Gasteiger partial charge in [0.1, 0.15) is 22.8 Å². The second-order valence-electron chi connectivity index (χ2n) is 11.7. The molecular formula is C26H43N4NaO9S. The Labute approximate surface area is 264 Å². The van der Waals surface area contributed by atoms with Crippen molar-refractivity contribution in [3.63, 3.8) is 0 Å². The molecule has 3 aliphatic rings. The number of likely N-dealkylation sites (tertiary alicyclic amines) is 1. The number of nitrogens with one attached hydrogen (secondary N) is 3. The number of amides is 4. The van der Waals surface area contributed by atoms with Crippen molar-refractivity contribution in [1.82, 2.24) is 20.9 Å². The smallest absolute Gasteiger partial charge is 0.746 e. The molecule has 41 heavy (non-hydrogen) atoms. The number of nitrogens with zero attached hydrogens (tertiary/aromatic N) is 1. The van der Waals surface area contributed by atoms with Gasteiger partial charge in [0.25, 0.3) is 0 Å². The molecule has 1 saturated carbocycles. The van der Waals surface area contributed by atoms with Crippen molar-refractivity contribution >= 4 is 33.9 Å². The van der Waals surface area contributed by atoms with Crippen LogP contribution in [0.2, 0.25) is 0 Å². The molecule has 0 aromatic heterocycles. The van der Waals surface area contributed by atoms with Gasteiger partial charge in [-0.05, 0) is 50.4 Å². The van der Waals surface area contributed by atoms with Crippen LogP contribution in [0.1, 0.15) is 71.6 Å². The van der Waals surface area contributed by atoms with Crippen molar-refractivity contribution in [2.45, 2.75) is 89.2 Å². The fourth-order valence-electron chi connectivity index (χ4n) is 5.79. The Morgan fingerprint density at radius 1 is 1.10 bits per heavy atom. The maximum absolute atomic E-state index is 13.1. The molecule has 2 aliphatic heterocycles. The average Bonchev–Trinajstić information content (AvgIpc) is 3.45. The number of hydrogen-bond acceptors (Lipinski definition) is 9. The first-order chi connectivity index (χ1) is 18.8. The van der Waals surface area contributed by atoms with Gasteiger partial charge in [-0.2, -0.15) is 0 Å². The third-order valence-corrected chi connectivity index (χ3v) is 8.93. The van der Waals surface area contributed by atoms with E-state index in [4.69, 9.17) is 4.74 Å². The second kappa shape index (κ2) is 16.4. The summed E-state index contributed by atoms with van der Waals surface area (Å²) in [6.45, 7) is 5.19. The molecule has 0 aromatic carbocycles. The molecule has 2 unspecified atom stereocenters. The number of carbonyl (C=O) groups is 4. The van der Waals surface area contributed by atoms with Crippen LogP contribution in [0.4, 0.5) is 4.79 Å². The minimum Gasteiger partial charge on any atom is -0.746 e. The Balaban J connectivity index is 0.00000588. The number of hydrogen-bond donors (Lipinski definition) is 4. The van der Waals surface area contributed by atoms with Crippen molar-refractivity contribution in [2.75, 3.05) is 26.2 Å². The van der Waals surface area contributed by atoms with Gasteiger partial charge in [-0.3, -0.25) is 14.4 Å². The molecule has 0 radical (unpaired) electrons. The van der Waals surface area contributed by atoms with E-state index in [9.17, 15) is 37.3 Å². The minimum absolute atomic E-state index is 0. The maximum Gasteiger partial charge on any atom is 1.00 e. The van der Waals surface area contributed by atoms with Crippen LogP contribution in [-0.4, -0.2) is 90.6 Å². The van der Waals surface area contributed by atoms with Crippen LogP contribution in [0, 0.1) is 23.7 Å². The Morgan fingerprint density at radius 3 is 2.37 bits per heavy atom. The molecule has 0 bridgehead atoms. The van der Waals surface area contributed by atoms with Gasteiger partial charge in [-0.15, -0.1) is 0 Å². The molecule has 1 aliphatic carbocycles. The molecule has 15 heteroatoms. The number of aliphatic hydroxyl groups excluding tert-OH is 1. The Hall–Kier alpha value is -1.45. The van der Waals surface area contributed by atoms with E-state index in [1.54, 1.807) is 0 Å². The van der Waals surface area contributed by atoms with Crippen LogP contribution < -0.4 is 45.5 Å². The van der Waals surface area contributed by atoms with Gasteiger partial charge in [-0.1, -0.05) is 33.1 Å². The molecule has 4 amide bonds. The van der Waals surface area contributed by atoms with Gasteiger partial charge in [0.05, 0.1) is 12.0 Å². The van der Waals surface area contributed by atoms with Crippen molar-refractivity contribution in [1.29, 1.82) is 0 Å². The summed E-state index contributed by atoms with van der Waals surface area (Å²) in [5, 5.41) is 17.5. The summed E-state index contributed by atoms with van der Waals surface area (Å²) < 4.78 is 39.9. The summed E-state index contributed by atoms with van der Waals surface area (Å²) in [7, 11) is -5.20. The number of rotatable bonds is 13. The van der Waals surface area contributed by atoms with Crippen LogP contribution in [0.5, 0.6) is 0 Å². The molecule has 0 aromatic rings. The third kappa shape index (κ3) is 11.0. The monoisotopic (exact) mass is 610 g/mol. The first-order valence-corrected chi connectivity index (χ1v) is 15.7. The molecule has 2 saturated heterocycles.